The number of hydrogen-bond donors (Lipinski definition) is 1. The van der Waals surface area contributed by atoms with Crippen molar-refractivity contribution in [2.24, 2.45) is 11.8 Å². The van der Waals surface area contributed by atoms with E-state index in [1.54, 1.807) is 0 Å². The van der Waals surface area contributed by atoms with Gasteiger partial charge in [-0.1, -0.05) is 26.2 Å². The molecule has 1 heterocycles. The number of hydrogen-bond acceptors (Lipinski definition) is 3. The highest BCUT2D eigenvalue weighted by Gasteiger charge is 2.37. The zero-order chi connectivity index (χ0) is 13.1. The number of imide groups is 1. The molecule has 2 amide bonds. The lowest BCUT2D eigenvalue weighted by Crippen LogP contribution is -2.41. The largest absolute Gasteiger partial charge is 0.305 e. The topological polar surface area (TPSA) is 49.4 Å². The van der Waals surface area contributed by atoms with Gasteiger partial charge in [-0.3, -0.25) is 14.5 Å². The summed E-state index contributed by atoms with van der Waals surface area (Å²) < 4.78 is 0. The number of nitrogens with zero attached hydrogens (tertiary/aromatic N) is 1. The van der Waals surface area contributed by atoms with Crippen LogP contribution in [-0.2, 0) is 9.59 Å². The van der Waals surface area contributed by atoms with Gasteiger partial charge in [-0.25, -0.2) is 0 Å². The van der Waals surface area contributed by atoms with E-state index in [-0.39, 0.29) is 17.9 Å². The zero-order valence-electron chi connectivity index (χ0n) is 11.4. The molecule has 4 heteroatoms. The molecule has 1 aliphatic heterocycles. The first kappa shape index (κ1) is 13.5. The number of carbonyl (C=O) groups excluding carboxylic acids is 2. The summed E-state index contributed by atoms with van der Waals surface area (Å²) in [6, 6.07) is -0.272. The lowest BCUT2D eigenvalue weighted by Gasteiger charge is -2.29. The summed E-state index contributed by atoms with van der Waals surface area (Å²) >= 11 is 0. The van der Waals surface area contributed by atoms with Gasteiger partial charge in [0.1, 0.15) is 0 Å². The second-order valence-electron chi connectivity index (χ2n) is 5.66. The van der Waals surface area contributed by atoms with Crippen molar-refractivity contribution in [3.05, 3.63) is 0 Å². The molecular weight excluding hydrogens is 228 g/mol. The number of nitrogens with one attached hydrogen (secondary N) is 1. The van der Waals surface area contributed by atoms with Crippen LogP contribution >= 0.6 is 0 Å². The van der Waals surface area contributed by atoms with Crippen molar-refractivity contribution < 1.29 is 9.59 Å². The van der Waals surface area contributed by atoms with Gasteiger partial charge < -0.3 is 5.32 Å². The van der Waals surface area contributed by atoms with E-state index in [2.05, 4.69) is 12.2 Å². The van der Waals surface area contributed by atoms with Gasteiger partial charge in [0.05, 0.1) is 12.5 Å². The van der Waals surface area contributed by atoms with E-state index >= 15 is 0 Å². The van der Waals surface area contributed by atoms with Gasteiger partial charge in [0.25, 0.3) is 0 Å². The predicted octanol–water partition coefficient (Wildman–Crippen LogP) is 1.55. The van der Waals surface area contributed by atoms with Crippen molar-refractivity contribution in [1.82, 2.24) is 10.2 Å². The Morgan fingerprint density at radius 1 is 1.28 bits per heavy atom. The number of rotatable bonds is 4. The summed E-state index contributed by atoms with van der Waals surface area (Å²) in [5.41, 5.74) is 0. The first-order valence-electron chi connectivity index (χ1n) is 7.21. The Bertz CT molecular complexity index is 330. The third-order valence-corrected chi connectivity index (χ3v) is 4.48. The van der Waals surface area contributed by atoms with Gasteiger partial charge in [-0.2, -0.15) is 0 Å². The van der Waals surface area contributed by atoms with Crippen LogP contribution in [-0.4, -0.2) is 35.8 Å². The monoisotopic (exact) mass is 252 g/mol. The molecule has 2 rings (SSSR count). The van der Waals surface area contributed by atoms with Crippen LogP contribution in [0.2, 0.25) is 0 Å². The van der Waals surface area contributed by atoms with Crippen LogP contribution in [0.25, 0.3) is 0 Å². The van der Waals surface area contributed by atoms with Gasteiger partial charge in [0.2, 0.25) is 11.8 Å². The van der Waals surface area contributed by atoms with Gasteiger partial charge in [-0.05, 0) is 31.7 Å². The molecule has 0 spiro atoms. The number of carbonyl (C=O) groups is 2. The molecule has 3 atom stereocenters. The number of likely N-dealkylation sites (N-methyl/N-ethyl adjacent to an activating group) is 1. The first-order chi connectivity index (χ1) is 8.63. The Hall–Kier alpha value is -0.900. The van der Waals surface area contributed by atoms with Crippen molar-refractivity contribution in [3.8, 4) is 0 Å². The molecule has 1 N–H and O–H groups in total. The van der Waals surface area contributed by atoms with Crippen molar-refractivity contribution >= 4 is 11.8 Å². The molecule has 102 valence electrons. The Balaban J connectivity index is 1.83. The van der Waals surface area contributed by atoms with Crippen LogP contribution in [0.1, 0.15) is 46.0 Å². The van der Waals surface area contributed by atoms with E-state index in [1.807, 2.05) is 6.92 Å². The fourth-order valence-electron chi connectivity index (χ4n) is 3.16. The van der Waals surface area contributed by atoms with E-state index in [0.717, 1.165) is 12.5 Å². The highest BCUT2D eigenvalue weighted by atomic mass is 16.2. The maximum absolute atomic E-state index is 11.9. The van der Waals surface area contributed by atoms with Gasteiger partial charge in [0.15, 0.2) is 0 Å². The Morgan fingerprint density at radius 3 is 2.61 bits per heavy atom. The van der Waals surface area contributed by atoms with Gasteiger partial charge in [-0.15, -0.1) is 0 Å². The molecule has 0 radical (unpaired) electrons. The minimum atomic E-state index is -0.272. The SMILES string of the molecule is CCN1C(=O)CC(NCC2CCCCC2C)C1=O. The molecule has 1 saturated heterocycles. The van der Waals surface area contributed by atoms with Crippen LogP contribution in [0.4, 0.5) is 0 Å². The molecule has 1 aliphatic carbocycles. The van der Waals surface area contributed by atoms with Crippen LogP contribution in [0.5, 0.6) is 0 Å². The van der Waals surface area contributed by atoms with Crippen molar-refractivity contribution in [1.29, 1.82) is 0 Å². The second-order valence-corrected chi connectivity index (χ2v) is 5.66. The number of likely N-dealkylation sites (tertiary alicyclic amines) is 1. The average Bonchev–Trinajstić information content (AvgIpc) is 2.63. The van der Waals surface area contributed by atoms with E-state index < -0.39 is 0 Å². The molecular formula is C14H24N2O2. The molecule has 2 fully saturated rings. The second kappa shape index (κ2) is 5.83. The highest BCUT2D eigenvalue weighted by Crippen LogP contribution is 2.29. The maximum Gasteiger partial charge on any atom is 0.246 e. The van der Waals surface area contributed by atoms with E-state index in [4.69, 9.17) is 0 Å². The van der Waals surface area contributed by atoms with Crippen molar-refractivity contribution in [3.63, 3.8) is 0 Å². The Kier molecular flexibility index (Phi) is 4.38. The standard InChI is InChI=1S/C14H24N2O2/c1-3-16-13(17)8-12(14(16)18)15-9-11-7-5-4-6-10(11)2/h10-12,15H,3-9H2,1-2H3. The van der Waals surface area contributed by atoms with E-state index in [0.29, 0.717) is 18.9 Å². The minimum Gasteiger partial charge on any atom is -0.305 e. The molecule has 2 aliphatic rings. The average molecular weight is 252 g/mol. The number of amides is 2. The molecule has 3 unspecified atom stereocenters. The zero-order valence-corrected chi connectivity index (χ0v) is 11.4. The minimum absolute atomic E-state index is 0.0308. The molecule has 18 heavy (non-hydrogen) atoms. The van der Waals surface area contributed by atoms with Crippen LogP contribution < -0.4 is 5.32 Å². The summed E-state index contributed by atoms with van der Waals surface area (Å²) in [7, 11) is 0. The summed E-state index contributed by atoms with van der Waals surface area (Å²) in [6.07, 6.45) is 5.52. The molecule has 1 saturated carbocycles. The van der Waals surface area contributed by atoms with Crippen LogP contribution in [0, 0.1) is 11.8 Å². The maximum atomic E-state index is 11.9. The van der Waals surface area contributed by atoms with Gasteiger partial charge in [0, 0.05) is 6.54 Å². The third-order valence-electron chi connectivity index (χ3n) is 4.48. The lowest BCUT2D eigenvalue weighted by atomic mass is 9.80. The summed E-state index contributed by atoms with van der Waals surface area (Å²) in [6.45, 7) is 5.52. The molecule has 0 aromatic heterocycles. The predicted molar refractivity (Wildman–Crippen MR) is 69.9 cm³/mol. The normalized spacial score (nSPS) is 33.2. The quantitative estimate of drug-likeness (QED) is 0.772. The Labute approximate surface area is 109 Å². The van der Waals surface area contributed by atoms with Crippen molar-refractivity contribution in [2.45, 2.75) is 52.0 Å². The third kappa shape index (κ3) is 2.74. The molecule has 0 aromatic carbocycles. The molecule has 0 aromatic rings. The summed E-state index contributed by atoms with van der Waals surface area (Å²) in [4.78, 5) is 24.9. The summed E-state index contributed by atoms with van der Waals surface area (Å²) in [5.74, 6) is 1.33. The smallest absolute Gasteiger partial charge is 0.246 e. The fraction of sp³-hybridized carbons (Fsp3) is 0.857. The fourth-order valence-corrected chi connectivity index (χ4v) is 3.16. The van der Waals surface area contributed by atoms with Crippen LogP contribution in [0.15, 0.2) is 0 Å². The highest BCUT2D eigenvalue weighted by molar-refractivity contribution is 6.05. The van der Waals surface area contributed by atoms with E-state index in [9.17, 15) is 9.59 Å². The van der Waals surface area contributed by atoms with E-state index in [1.165, 1.54) is 30.6 Å². The van der Waals surface area contributed by atoms with Crippen LogP contribution in [0.3, 0.4) is 0 Å². The molecule has 0 bridgehead atoms. The first-order valence-corrected chi connectivity index (χ1v) is 7.21. The Morgan fingerprint density at radius 2 is 2.00 bits per heavy atom. The van der Waals surface area contributed by atoms with Crippen molar-refractivity contribution in [2.75, 3.05) is 13.1 Å². The molecule has 4 nitrogen and oxygen atoms in total. The lowest BCUT2D eigenvalue weighted by molar-refractivity contribution is -0.138. The van der Waals surface area contributed by atoms with Gasteiger partial charge >= 0.3 is 0 Å². The summed E-state index contributed by atoms with van der Waals surface area (Å²) in [5, 5.41) is 3.31.